The van der Waals surface area contributed by atoms with E-state index in [1.165, 1.54) is 41.8 Å². The average molecular weight is 688 g/mol. The Labute approximate surface area is 282 Å². The van der Waals surface area contributed by atoms with Gasteiger partial charge in [-0.05, 0) is 42.6 Å². The summed E-state index contributed by atoms with van der Waals surface area (Å²) in [5, 5.41) is 17.5. The van der Waals surface area contributed by atoms with Gasteiger partial charge in [-0.15, -0.1) is 0 Å². The number of para-hydroxylation sites is 1. The number of rotatable bonds is 8. The molecule has 0 saturated heterocycles. The molecule has 0 fully saturated rings. The highest BCUT2D eigenvalue weighted by atomic mass is 32.2. The zero-order valence-corrected chi connectivity index (χ0v) is 28.2. The largest absolute Gasteiger partial charge is 0.486 e. The molecule has 5 aromatic rings. The molecule has 0 bridgehead atoms. The summed E-state index contributed by atoms with van der Waals surface area (Å²) in [6, 6.07) is 21.0. The third-order valence-electron chi connectivity index (χ3n) is 8.89. The number of fused-ring (bicyclic) bond motifs is 3. The third kappa shape index (κ3) is 6.49. The first kappa shape index (κ1) is 33.7. The Balaban J connectivity index is 1.32. The summed E-state index contributed by atoms with van der Waals surface area (Å²) in [5.74, 6) is -1.36. The molecule has 256 valence electrons. The SMILES string of the molecule is C[C@@H]1CN([C@@H](C)CO)C(=O)c2cccc(NC(=O)Nc3cccc4ccccc34)c2O[C@H]1CN(C)S(=O)(=O)c1ccc2c(c1)oc(=O)n2C. The molecule has 4 aromatic carbocycles. The number of urea groups is 1. The summed E-state index contributed by atoms with van der Waals surface area (Å²) in [4.78, 5) is 40.7. The first-order valence-electron chi connectivity index (χ1n) is 15.7. The zero-order chi connectivity index (χ0) is 35.0. The Bertz CT molecular complexity index is 2230. The number of likely N-dealkylation sites (N-methyl/N-ethyl adjacent to an activating group) is 1. The summed E-state index contributed by atoms with van der Waals surface area (Å²) in [6.45, 7) is 3.28. The first-order valence-corrected chi connectivity index (χ1v) is 17.2. The molecule has 0 radical (unpaired) electrons. The molecule has 0 spiro atoms. The number of oxazole rings is 1. The Morgan fingerprint density at radius 2 is 1.71 bits per heavy atom. The minimum absolute atomic E-state index is 0.0746. The Kier molecular flexibility index (Phi) is 9.20. The number of aromatic nitrogens is 1. The molecule has 3 atom stereocenters. The lowest BCUT2D eigenvalue weighted by atomic mass is 9.99. The molecule has 1 aliphatic heterocycles. The van der Waals surface area contributed by atoms with Crippen molar-refractivity contribution in [3.8, 4) is 5.75 Å². The molecular formula is C35H37N5O8S. The van der Waals surface area contributed by atoms with Crippen molar-refractivity contribution in [3.63, 3.8) is 0 Å². The number of hydrogen-bond donors (Lipinski definition) is 3. The van der Waals surface area contributed by atoms with Crippen molar-refractivity contribution in [2.75, 3.05) is 37.4 Å². The summed E-state index contributed by atoms with van der Waals surface area (Å²) in [5.41, 5.74) is 1.52. The van der Waals surface area contributed by atoms with Crippen molar-refractivity contribution < 1.29 is 32.3 Å². The average Bonchev–Trinajstić information content (AvgIpc) is 3.38. The van der Waals surface area contributed by atoms with Crippen molar-refractivity contribution >= 4 is 55.2 Å². The smallest absolute Gasteiger partial charge is 0.419 e. The molecule has 0 aliphatic carbocycles. The minimum Gasteiger partial charge on any atom is -0.486 e. The number of nitrogens with zero attached hydrogens (tertiary/aromatic N) is 3. The van der Waals surface area contributed by atoms with Crippen molar-refractivity contribution in [1.82, 2.24) is 13.8 Å². The quantitative estimate of drug-likeness (QED) is 0.215. The zero-order valence-electron chi connectivity index (χ0n) is 27.4. The molecule has 2 heterocycles. The molecule has 3 N–H and O–H groups in total. The second-order valence-corrected chi connectivity index (χ2v) is 14.3. The van der Waals surface area contributed by atoms with Gasteiger partial charge in [-0.2, -0.15) is 4.31 Å². The summed E-state index contributed by atoms with van der Waals surface area (Å²) < 4.78 is 41.7. The topological polar surface area (TPSA) is 163 Å². The van der Waals surface area contributed by atoms with Gasteiger partial charge in [-0.3, -0.25) is 9.36 Å². The van der Waals surface area contributed by atoms with Gasteiger partial charge in [0.2, 0.25) is 10.0 Å². The van der Waals surface area contributed by atoms with Gasteiger partial charge in [0.15, 0.2) is 11.3 Å². The van der Waals surface area contributed by atoms with Gasteiger partial charge in [0.1, 0.15) is 6.10 Å². The number of carbonyl (C=O) groups excluding carboxylic acids is 2. The lowest BCUT2D eigenvalue weighted by Gasteiger charge is -2.38. The third-order valence-corrected chi connectivity index (χ3v) is 10.7. The number of benzene rings is 4. The van der Waals surface area contributed by atoms with E-state index < -0.39 is 45.8 Å². The van der Waals surface area contributed by atoms with Crippen LogP contribution >= 0.6 is 0 Å². The number of aliphatic hydroxyl groups excluding tert-OH is 1. The number of anilines is 2. The van der Waals surface area contributed by atoms with E-state index >= 15 is 0 Å². The number of nitrogens with one attached hydrogen (secondary N) is 2. The second kappa shape index (κ2) is 13.4. The van der Waals surface area contributed by atoms with Gasteiger partial charge < -0.3 is 29.8 Å². The second-order valence-electron chi connectivity index (χ2n) is 12.3. The molecule has 14 heteroatoms. The van der Waals surface area contributed by atoms with Crippen LogP contribution in [0.25, 0.3) is 21.9 Å². The van der Waals surface area contributed by atoms with Gasteiger partial charge in [0.05, 0.1) is 46.5 Å². The van der Waals surface area contributed by atoms with Crippen molar-refractivity contribution in [2.24, 2.45) is 13.0 Å². The fourth-order valence-corrected chi connectivity index (χ4v) is 7.18. The van der Waals surface area contributed by atoms with E-state index in [4.69, 9.17) is 9.15 Å². The molecule has 1 aliphatic rings. The van der Waals surface area contributed by atoms with Crippen LogP contribution in [0.1, 0.15) is 24.2 Å². The lowest BCUT2D eigenvalue weighted by molar-refractivity contribution is 0.0389. The molecule has 0 unspecified atom stereocenters. The molecular weight excluding hydrogens is 650 g/mol. The van der Waals surface area contributed by atoms with Crippen LogP contribution in [0.3, 0.4) is 0 Å². The number of aliphatic hydroxyl groups is 1. The highest BCUT2D eigenvalue weighted by molar-refractivity contribution is 7.89. The number of aryl methyl sites for hydroxylation is 1. The van der Waals surface area contributed by atoms with Crippen LogP contribution in [0.4, 0.5) is 16.2 Å². The molecule has 49 heavy (non-hydrogen) atoms. The maximum atomic E-state index is 13.9. The van der Waals surface area contributed by atoms with Crippen LogP contribution in [0.5, 0.6) is 5.75 Å². The Hall–Kier alpha value is -5.18. The van der Waals surface area contributed by atoms with Crippen LogP contribution in [-0.4, -0.2) is 78.1 Å². The fraction of sp³-hybridized carbons (Fsp3) is 0.286. The van der Waals surface area contributed by atoms with Gasteiger partial charge >= 0.3 is 11.8 Å². The van der Waals surface area contributed by atoms with E-state index in [0.717, 1.165) is 15.1 Å². The summed E-state index contributed by atoms with van der Waals surface area (Å²) in [7, 11) is -1.16. The number of hydrogen-bond acceptors (Lipinski definition) is 8. The van der Waals surface area contributed by atoms with Crippen molar-refractivity contribution in [1.29, 1.82) is 0 Å². The fourth-order valence-electron chi connectivity index (χ4n) is 5.98. The van der Waals surface area contributed by atoms with Crippen LogP contribution in [-0.2, 0) is 17.1 Å². The number of ether oxygens (including phenoxy) is 1. The lowest BCUT2D eigenvalue weighted by Crippen LogP contribution is -2.50. The number of carbonyl (C=O) groups is 2. The first-order chi connectivity index (χ1) is 23.4. The van der Waals surface area contributed by atoms with Gasteiger partial charge in [0.25, 0.3) is 5.91 Å². The van der Waals surface area contributed by atoms with E-state index in [-0.39, 0.29) is 47.2 Å². The Morgan fingerprint density at radius 3 is 2.49 bits per heavy atom. The van der Waals surface area contributed by atoms with E-state index in [0.29, 0.717) is 11.2 Å². The van der Waals surface area contributed by atoms with Gasteiger partial charge in [-0.1, -0.05) is 49.4 Å². The van der Waals surface area contributed by atoms with E-state index in [2.05, 4.69) is 10.6 Å². The van der Waals surface area contributed by atoms with Crippen LogP contribution < -0.4 is 21.1 Å². The highest BCUT2D eigenvalue weighted by Gasteiger charge is 2.36. The van der Waals surface area contributed by atoms with Crippen molar-refractivity contribution in [2.45, 2.75) is 30.9 Å². The van der Waals surface area contributed by atoms with Crippen LogP contribution in [0, 0.1) is 5.92 Å². The van der Waals surface area contributed by atoms with E-state index in [9.17, 15) is 27.9 Å². The number of sulfonamides is 1. The minimum atomic E-state index is -4.10. The molecule has 3 amide bonds. The van der Waals surface area contributed by atoms with Gasteiger partial charge in [0, 0.05) is 38.0 Å². The number of amides is 3. The summed E-state index contributed by atoms with van der Waals surface area (Å²) >= 11 is 0. The molecule has 13 nitrogen and oxygen atoms in total. The highest BCUT2D eigenvalue weighted by Crippen LogP contribution is 2.36. The monoisotopic (exact) mass is 687 g/mol. The Morgan fingerprint density at radius 1 is 1.02 bits per heavy atom. The predicted molar refractivity (Wildman–Crippen MR) is 185 cm³/mol. The maximum absolute atomic E-state index is 13.9. The molecule has 0 saturated carbocycles. The normalized spacial score (nSPS) is 17.3. The van der Waals surface area contributed by atoms with Crippen LogP contribution in [0.15, 0.2) is 93.0 Å². The van der Waals surface area contributed by atoms with Crippen LogP contribution in [0.2, 0.25) is 0 Å². The molecule has 1 aromatic heterocycles. The standard InChI is InChI=1S/C35H37N5O8S/c1-21-18-40(22(2)20-41)33(42)26-12-8-14-28(37-34(43)36-27-13-7-10-23-9-5-6-11-25(23)27)32(26)47-31(21)19-38(3)49(45,46)24-15-16-29-30(17-24)48-35(44)39(29)4/h5-17,21-22,31,41H,18-20H2,1-4H3,(H2,36,37,43)/t21-,22+,31+/m1/s1. The maximum Gasteiger partial charge on any atom is 0.419 e. The molecule has 6 rings (SSSR count). The van der Waals surface area contributed by atoms with Gasteiger partial charge in [-0.25, -0.2) is 18.0 Å². The van der Waals surface area contributed by atoms with E-state index in [1.807, 2.05) is 43.3 Å². The predicted octanol–water partition coefficient (Wildman–Crippen LogP) is 4.47. The van der Waals surface area contributed by atoms with Crippen molar-refractivity contribution in [3.05, 3.63) is 95.0 Å². The van der Waals surface area contributed by atoms with E-state index in [1.54, 1.807) is 31.2 Å². The summed E-state index contributed by atoms with van der Waals surface area (Å²) in [6.07, 6.45) is -0.803.